The van der Waals surface area contributed by atoms with Crippen LogP contribution < -0.4 is 5.32 Å². The van der Waals surface area contributed by atoms with Gasteiger partial charge >= 0.3 is 0 Å². The fourth-order valence-electron chi connectivity index (χ4n) is 2.91. The molecule has 1 aliphatic rings. The molecule has 0 amide bonds. The van der Waals surface area contributed by atoms with Gasteiger partial charge in [0.05, 0.1) is 19.3 Å². The molecule has 1 aliphatic heterocycles. The molecule has 1 aromatic heterocycles. The maximum Gasteiger partial charge on any atom is 0.223 e. The molecular formula is C18H24N4O. The molecule has 23 heavy (non-hydrogen) atoms. The van der Waals surface area contributed by atoms with Gasteiger partial charge in [-0.3, -0.25) is 4.90 Å². The van der Waals surface area contributed by atoms with Crippen LogP contribution in [0.1, 0.15) is 23.0 Å². The molecule has 1 unspecified atom stereocenters. The molecular weight excluding hydrogens is 288 g/mol. The fraction of sp³-hybridized carbons (Fsp3) is 0.444. The molecule has 0 spiro atoms. The predicted molar refractivity (Wildman–Crippen MR) is 91.6 cm³/mol. The summed E-state index contributed by atoms with van der Waals surface area (Å²) in [4.78, 5) is 11.5. The molecule has 0 aliphatic carbocycles. The van der Waals surface area contributed by atoms with Crippen molar-refractivity contribution in [2.75, 3.05) is 38.2 Å². The third kappa shape index (κ3) is 4.50. The Morgan fingerprint density at radius 3 is 2.39 bits per heavy atom. The molecule has 5 nitrogen and oxygen atoms in total. The van der Waals surface area contributed by atoms with Crippen LogP contribution in [0, 0.1) is 13.8 Å². The van der Waals surface area contributed by atoms with Crippen molar-refractivity contribution in [1.29, 1.82) is 0 Å². The van der Waals surface area contributed by atoms with Crippen molar-refractivity contribution in [1.82, 2.24) is 14.9 Å². The monoisotopic (exact) mass is 312 g/mol. The average molecular weight is 312 g/mol. The molecule has 0 saturated carbocycles. The number of nitrogens with zero attached hydrogens (tertiary/aromatic N) is 3. The largest absolute Gasteiger partial charge is 0.379 e. The van der Waals surface area contributed by atoms with E-state index < -0.39 is 0 Å². The third-order valence-corrected chi connectivity index (χ3v) is 4.03. The maximum atomic E-state index is 5.45. The van der Waals surface area contributed by atoms with Gasteiger partial charge in [-0.05, 0) is 25.5 Å². The summed E-state index contributed by atoms with van der Waals surface area (Å²) in [5.41, 5.74) is 3.22. The Labute approximate surface area is 137 Å². The number of hydrogen-bond donors (Lipinski definition) is 1. The summed E-state index contributed by atoms with van der Waals surface area (Å²) in [7, 11) is 0. The van der Waals surface area contributed by atoms with Gasteiger partial charge < -0.3 is 10.1 Å². The second-order valence-corrected chi connectivity index (χ2v) is 5.99. The van der Waals surface area contributed by atoms with Crippen LogP contribution in [0.15, 0.2) is 36.4 Å². The lowest BCUT2D eigenvalue weighted by molar-refractivity contribution is 0.0360. The highest BCUT2D eigenvalue weighted by molar-refractivity contribution is 5.34. The van der Waals surface area contributed by atoms with Crippen molar-refractivity contribution in [3.8, 4) is 0 Å². The van der Waals surface area contributed by atoms with E-state index in [0.717, 1.165) is 44.2 Å². The van der Waals surface area contributed by atoms with Crippen LogP contribution in [0.5, 0.6) is 0 Å². The van der Waals surface area contributed by atoms with E-state index in [2.05, 4.69) is 44.5 Å². The molecule has 1 atom stereocenters. The van der Waals surface area contributed by atoms with Crippen LogP contribution in [0.3, 0.4) is 0 Å². The van der Waals surface area contributed by atoms with Crippen molar-refractivity contribution in [2.24, 2.45) is 0 Å². The number of ether oxygens (including phenoxy) is 1. The van der Waals surface area contributed by atoms with Gasteiger partial charge in [0.2, 0.25) is 5.95 Å². The van der Waals surface area contributed by atoms with Crippen molar-refractivity contribution in [3.05, 3.63) is 53.3 Å². The van der Waals surface area contributed by atoms with E-state index in [4.69, 9.17) is 4.74 Å². The van der Waals surface area contributed by atoms with Crippen molar-refractivity contribution >= 4 is 5.95 Å². The Morgan fingerprint density at radius 2 is 1.74 bits per heavy atom. The molecule has 3 rings (SSSR count). The first-order chi connectivity index (χ1) is 11.2. The van der Waals surface area contributed by atoms with Gasteiger partial charge in [-0.25, -0.2) is 9.97 Å². The Bertz CT molecular complexity index is 606. The van der Waals surface area contributed by atoms with E-state index in [1.54, 1.807) is 0 Å². The Kier molecular flexibility index (Phi) is 5.20. The summed E-state index contributed by atoms with van der Waals surface area (Å²) in [6, 6.07) is 12.7. The summed E-state index contributed by atoms with van der Waals surface area (Å²) in [6.45, 7) is 8.48. The van der Waals surface area contributed by atoms with E-state index in [-0.39, 0.29) is 6.04 Å². The number of benzene rings is 1. The fourth-order valence-corrected chi connectivity index (χ4v) is 2.91. The van der Waals surface area contributed by atoms with E-state index in [0.29, 0.717) is 5.95 Å². The number of rotatable bonds is 5. The van der Waals surface area contributed by atoms with E-state index in [1.807, 2.05) is 26.0 Å². The van der Waals surface area contributed by atoms with Gasteiger partial charge in [-0.15, -0.1) is 0 Å². The minimum absolute atomic E-state index is 0.162. The van der Waals surface area contributed by atoms with Crippen molar-refractivity contribution in [3.63, 3.8) is 0 Å². The lowest BCUT2D eigenvalue weighted by atomic mass is 10.1. The molecule has 122 valence electrons. The smallest absolute Gasteiger partial charge is 0.223 e. The van der Waals surface area contributed by atoms with Crippen LogP contribution in [-0.4, -0.2) is 47.7 Å². The van der Waals surface area contributed by atoms with Crippen molar-refractivity contribution < 1.29 is 4.74 Å². The van der Waals surface area contributed by atoms with Crippen LogP contribution in [0.25, 0.3) is 0 Å². The Morgan fingerprint density at radius 1 is 1.09 bits per heavy atom. The molecule has 5 heteroatoms. The highest BCUT2D eigenvalue weighted by Crippen LogP contribution is 2.19. The van der Waals surface area contributed by atoms with Gasteiger partial charge in [0.15, 0.2) is 0 Å². The topological polar surface area (TPSA) is 50.3 Å². The van der Waals surface area contributed by atoms with Gasteiger partial charge in [-0.2, -0.15) is 0 Å². The van der Waals surface area contributed by atoms with E-state index in [1.165, 1.54) is 5.56 Å². The highest BCUT2D eigenvalue weighted by Gasteiger charge is 2.19. The van der Waals surface area contributed by atoms with Crippen LogP contribution in [0.4, 0.5) is 5.95 Å². The summed E-state index contributed by atoms with van der Waals surface area (Å²) in [6.07, 6.45) is 0. The number of nitrogens with one attached hydrogen (secondary N) is 1. The van der Waals surface area contributed by atoms with E-state index in [9.17, 15) is 0 Å². The number of aryl methyl sites for hydroxylation is 2. The summed E-state index contributed by atoms with van der Waals surface area (Å²) >= 11 is 0. The molecule has 1 saturated heterocycles. The first-order valence-corrected chi connectivity index (χ1v) is 8.14. The lowest BCUT2D eigenvalue weighted by Crippen LogP contribution is -2.40. The van der Waals surface area contributed by atoms with Crippen molar-refractivity contribution in [2.45, 2.75) is 19.9 Å². The first kappa shape index (κ1) is 15.9. The molecule has 0 bridgehead atoms. The zero-order valence-corrected chi connectivity index (χ0v) is 13.8. The normalized spacial score (nSPS) is 17.0. The number of anilines is 1. The van der Waals surface area contributed by atoms with Gasteiger partial charge in [0.1, 0.15) is 0 Å². The first-order valence-electron chi connectivity index (χ1n) is 8.14. The van der Waals surface area contributed by atoms with E-state index >= 15 is 0 Å². The maximum absolute atomic E-state index is 5.45. The molecule has 1 N–H and O–H groups in total. The SMILES string of the molecule is Cc1cc(C)nc(NC(CN2CCOCC2)c2ccccc2)n1. The molecule has 1 fully saturated rings. The van der Waals surface area contributed by atoms with Gasteiger partial charge in [0, 0.05) is 31.0 Å². The number of aromatic nitrogens is 2. The summed E-state index contributed by atoms with van der Waals surface area (Å²) in [5, 5.41) is 3.52. The molecule has 0 radical (unpaired) electrons. The second-order valence-electron chi connectivity index (χ2n) is 5.99. The van der Waals surface area contributed by atoms with Crippen LogP contribution >= 0.6 is 0 Å². The molecule has 2 aromatic rings. The molecule has 1 aromatic carbocycles. The van der Waals surface area contributed by atoms with Crippen LogP contribution in [-0.2, 0) is 4.74 Å². The number of morpholine rings is 1. The third-order valence-electron chi connectivity index (χ3n) is 4.03. The van der Waals surface area contributed by atoms with Gasteiger partial charge in [-0.1, -0.05) is 30.3 Å². The predicted octanol–water partition coefficient (Wildman–Crippen LogP) is 2.58. The summed E-state index contributed by atoms with van der Waals surface area (Å²) in [5.74, 6) is 0.699. The minimum Gasteiger partial charge on any atom is -0.379 e. The number of hydrogen-bond acceptors (Lipinski definition) is 5. The molecule has 2 heterocycles. The Balaban J connectivity index is 1.79. The highest BCUT2D eigenvalue weighted by atomic mass is 16.5. The minimum atomic E-state index is 0.162. The second kappa shape index (κ2) is 7.53. The Hall–Kier alpha value is -1.98. The standard InChI is InChI=1S/C18H24N4O/c1-14-12-15(2)20-18(19-14)21-17(16-6-4-3-5-7-16)13-22-8-10-23-11-9-22/h3-7,12,17H,8-11,13H2,1-2H3,(H,19,20,21). The van der Waals surface area contributed by atoms with Crippen LogP contribution in [0.2, 0.25) is 0 Å². The quantitative estimate of drug-likeness (QED) is 0.919. The zero-order chi connectivity index (χ0) is 16.1. The summed E-state index contributed by atoms with van der Waals surface area (Å²) < 4.78 is 5.45. The van der Waals surface area contributed by atoms with Gasteiger partial charge in [0.25, 0.3) is 0 Å². The lowest BCUT2D eigenvalue weighted by Gasteiger charge is -2.31. The average Bonchev–Trinajstić information content (AvgIpc) is 2.55. The zero-order valence-electron chi connectivity index (χ0n) is 13.8.